The fourth-order valence-electron chi connectivity index (χ4n) is 1.90. The fraction of sp³-hybridized carbons (Fsp3) is 0.545. The zero-order valence-corrected chi connectivity index (χ0v) is 11.5. The molecule has 0 unspecified atom stereocenters. The molecule has 0 aromatic carbocycles. The van der Waals surface area contributed by atoms with Crippen molar-refractivity contribution in [3.05, 3.63) is 28.0 Å². The molecule has 0 aliphatic heterocycles. The van der Waals surface area contributed by atoms with E-state index in [4.69, 9.17) is 0 Å². The van der Waals surface area contributed by atoms with Crippen LogP contribution in [0.25, 0.3) is 0 Å². The number of aryl methyl sites for hydroxylation is 1. The second kappa shape index (κ2) is 5.68. The van der Waals surface area contributed by atoms with Crippen LogP contribution in [0.5, 0.6) is 0 Å². The first-order chi connectivity index (χ1) is 9.50. The highest BCUT2D eigenvalue weighted by molar-refractivity contribution is 5.60. The van der Waals surface area contributed by atoms with Crippen molar-refractivity contribution in [1.29, 1.82) is 0 Å². The molecule has 0 bridgehead atoms. The summed E-state index contributed by atoms with van der Waals surface area (Å²) in [6.45, 7) is 4.20. The molecule has 0 aliphatic rings. The molecule has 2 rings (SSSR count). The third-order valence-electron chi connectivity index (χ3n) is 2.83. The molecule has 0 atom stereocenters. The number of hydrogen-bond acceptors (Lipinski definition) is 7. The first kappa shape index (κ1) is 14.0. The molecule has 0 saturated carbocycles. The van der Waals surface area contributed by atoms with Crippen molar-refractivity contribution in [2.24, 2.45) is 7.05 Å². The molecule has 0 fully saturated rings. The van der Waals surface area contributed by atoms with Gasteiger partial charge in [0.25, 0.3) is 0 Å². The summed E-state index contributed by atoms with van der Waals surface area (Å²) < 4.78 is 6.11. The molecule has 0 amide bonds. The number of nitrogens with one attached hydrogen (secondary N) is 1. The molecular formula is C11H16N6O3. The lowest BCUT2D eigenvalue weighted by Gasteiger charge is -2.04. The Morgan fingerprint density at radius 3 is 2.85 bits per heavy atom. The first-order valence-electron chi connectivity index (χ1n) is 6.21. The summed E-state index contributed by atoms with van der Waals surface area (Å²) in [5.41, 5.74) is 0.496. The number of rotatable bonds is 6. The van der Waals surface area contributed by atoms with Crippen LogP contribution >= 0.6 is 0 Å². The Morgan fingerprint density at radius 2 is 2.30 bits per heavy atom. The van der Waals surface area contributed by atoms with Crippen LogP contribution in [-0.4, -0.2) is 31.4 Å². The van der Waals surface area contributed by atoms with Crippen LogP contribution in [-0.2, 0) is 13.5 Å². The normalized spacial score (nSPS) is 11.0. The molecule has 9 heteroatoms. The van der Waals surface area contributed by atoms with Gasteiger partial charge in [0, 0.05) is 25.9 Å². The van der Waals surface area contributed by atoms with Crippen LogP contribution in [0.4, 0.5) is 11.5 Å². The van der Waals surface area contributed by atoms with Crippen LogP contribution in [0.3, 0.4) is 0 Å². The molecule has 20 heavy (non-hydrogen) atoms. The lowest BCUT2D eigenvalue weighted by Crippen LogP contribution is -2.10. The van der Waals surface area contributed by atoms with E-state index in [2.05, 4.69) is 25.1 Å². The van der Waals surface area contributed by atoms with Crippen molar-refractivity contribution in [1.82, 2.24) is 19.9 Å². The number of nitro groups is 1. The molecular weight excluding hydrogens is 264 g/mol. The van der Waals surface area contributed by atoms with Crippen LogP contribution in [0.1, 0.15) is 31.3 Å². The van der Waals surface area contributed by atoms with Gasteiger partial charge in [-0.1, -0.05) is 19.0 Å². The van der Waals surface area contributed by atoms with Gasteiger partial charge in [-0.05, 0) is 0 Å². The standard InChI is InChI=1S/C11H16N6O3/c1-7(2)9-10(17(18)19)11(16(3)14-9)12-5-4-8-13-6-20-15-8/h6-7,12H,4-5H2,1-3H3. The summed E-state index contributed by atoms with van der Waals surface area (Å²) in [6, 6.07) is 0. The van der Waals surface area contributed by atoms with E-state index in [1.807, 2.05) is 13.8 Å². The van der Waals surface area contributed by atoms with Crippen molar-refractivity contribution in [2.75, 3.05) is 11.9 Å². The zero-order valence-electron chi connectivity index (χ0n) is 11.5. The van der Waals surface area contributed by atoms with E-state index in [-0.39, 0.29) is 11.6 Å². The van der Waals surface area contributed by atoms with E-state index in [0.717, 1.165) is 0 Å². The predicted octanol–water partition coefficient (Wildman–Crippen LogP) is 1.49. The van der Waals surface area contributed by atoms with Gasteiger partial charge in [-0.15, -0.1) is 0 Å². The van der Waals surface area contributed by atoms with Gasteiger partial charge >= 0.3 is 5.69 Å². The second-order valence-electron chi connectivity index (χ2n) is 4.64. The van der Waals surface area contributed by atoms with Gasteiger partial charge < -0.3 is 9.84 Å². The van der Waals surface area contributed by atoms with Gasteiger partial charge in [-0.3, -0.25) is 10.1 Å². The van der Waals surface area contributed by atoms with Crippen LogP contribution < -0.4 is 5.32 Å². The number of hydrogen-bond donors (Lipinski definition) is 1. The molecule has 2 heterocycles. The molecule has 2 aromatic rings. The van der Waals surface area contributed by atoms with E-state index in [0.29, 0.717) is 30.3 Å². The SMILES string of the molecule is CC(C)c1nn(C)c(NCCc2ncon2)c1[N+](=O)[O-]. The van der Waals surface area contributed by atoms with Gasteiger partial charge in [-0.2, -0.15) is 10.1 Å². The Hall–Kier alpha value is -2.45. The molecule has 9 nitrogen and oxygen atoms in total. The van der Waals surface area contributed by atoms with Crippen molar-refractivity contribution < 1.29 is 9.45 Å². The molecule has 0 spiro atoms. The van der Waals surface area contributed by atoms with E-state index in [1.165, 1.54) is 11.1 Å². The molecule has 0 saturated heterocycles. The average Bonchev–Trinajstić information content (AvgIpc) is 2.98. The molecule has 0 aliphatic carbocycles. The minimum atomic E-state index is -0.404. The topological polar surface area (TPSA) is 112 Å². The Morgan fingerprint density at radius 1 is 1.55 bits per heavy atom. The largest absolute Gasteiger partial charge is 0.364 e. The van der Waals surface area contributed by atoms with E-state index < -0.39 is 4.92 Å². The van der Waals surface area contributed by atoms with Crippen molar-refractivity contribution in [2.45, 2.75) is 26.2 Å². The number of aromatic nitrogens is 4. The maximum absolute atomic E-state index is 11.2. The minimum Gasteiger partial charge on any atom is -0.364 e. The van der Waals surface area contributed by atoms with Gasteiger partial charge in [0.2, 0.25) is 12.2 Å². The Balaban J connectivity index is 2.16. The highest BCUT2D eigenvalue weighted by Gasteiger charge is 2.28. The first-order valence-corrected chi connectivity index (χ1v) is 6.21. The highest BCUT2D eigenvalue weighted by Crippen LogP contribution is 2.32. The van der Waals surface area contributed by atoms with Gasteiger partial charge in [0.05, 0.1) is 4.92 Å². The molecule has 108 valence electrons. The van der Waals surface area contributed by atoms with Crippen LogP contribution in [0, 0.1) is 10.1 Å². The average molecular weight is 280 g/mol. The zero-order chi connectivity index (χ0) is 14.7. The Bertz CT molecular complexity index is 590. The Labute approximate surface area is 115 Å². The van der Waals surface area contributed by atoms with E-state index >= 15 is 0 Å². The summed E-state index contributed by atoms with van der Waals surface area (Å²) in [5, 5.41) is 22.1. The van der Waals surface area contributed by atoms with Gasteiger partial charge in [0.15, 0.2) is 5.82 Å². The smallest absolute Gasteiger partial charge is 0.334 e. The summed E-state index contributed by atoms with van der Waals surface area (Å²) in [6.07, 6.45) is 1.76. The quantitative estimate of drug-likeness (QED) is 0.630. The highest BCUT2D eigenvalue weighted by atomic mass is 16.6. The van der Waals surface area contributed by atoms with Crippen molar-refractivity contribution >= 4 is 11.5 Å². The minimum absolute atomic E-state index is 0.0191. The van der Waals surface area contributed by atoms with Crippen molar-refractivity contribution in [3.8, 4) is 0 Å². The van der Waals surface area contributed by atoms with Crippen LogP contribution in [0.15, 0.2) is 10.9 Å². The maximum atomic E-state index is 11.2. The molecule has 1 N–H and O–H groups in total. The van der Waals surface area contributed by atoms with Crippen molar-refractivity contribution in [3.63, 3.8) is 0 Å². The molecule has 2 aromatic heterocycles. The van der Waals surface area contributed by atoms with Crippen LogP contribution in [0.2, 0.25) is 0 Å². The number of nitrogens with zero attached hydrogens (tertiary/aromatic N) is 5. The molecule has 0 radical (unpaired) electrons. The third kappa shape index (κ3) is 2.76. The lowest BCUT2D eigenvalue weighted by molar-refractivity contribution is -0.384. The van der Waals surface area contributed by atoms with E-state index in [1.54, 1.807) is 7.05 Å². The summed E-state index contributed by atoms with van der Waals surface area (Å²) >= 11 is 0. The van der Waals surface area contributed by atoms with E-state index in [9.17, 15) is 10.1 Å². The summed E-state index contributed by atoms with van der Waals surface area (Å²) in [7, 11) is 1.68. The van der Waals surface area contributed by atoms with Gasteiger partial charge in [0.1, 0.15) is 5.69 Å². The lowest BCUT2D eigenvalue weighted by atomic mass is 10.1. The third-order valence-corrected chi connectivity index (χ3v) is 2.83. The number of anilines is 1. The monoisotopic (exact) mass is 280 g/mol. The summed E-state index contributed by atoms with van der Waals surface area (Å²) in [5.74, 6) is 0.919. The van der Waals surface area contributed by atoms with Gasteiger partial charge in [-0.25, -0.2) is 4.68 Å². The Kier molecular flexibility index (Phi) is 3.97. The maximum Gasteiger partial charge on any atom is 0.334 e. The summed E-state index contributed by atoms with van der Waals surface area (Å²) in [4.78, 5) is 14.7. The predicted molar refractivity (Wildman–Crippen MR) is 70.4 cm³/mol. The second-order valence-corrected chi connectivity index (χ2v) is 4.64. The fourth-order valence-corrected chi connectivity index (χ4v) is 1.90.